The molecule has 43 heavy (non-hydrogen) atoms. The van der Waals surface area contributed by atoms with Gasteiger partial charge in [0.2, 0.25) is 17.7 Å². The number of carbonyl (C=O) groups excluding carboxylic acids is 3. The molecule has 0 radical (unpaired) electrons. The molecule has 1 spiro atoms. The minimum atomic E-state index is -1.16. The Kier molecular flexibility index (Phi) is 10.8. The van der Waals surface area contributed by atoms with Crippen LogP contribution in [0.2, 0.25) is 0 Å². The van der Waals surface area contributed by atoms with Crippen molar-refractivity contribution >= 4 is 17.7 Å². The Morgan fingerprint density at radius 3 is 2.30 bits per heavy atom. The number of hydrogen-bond acceptors (Lipinski definition) is 7. The molecule has 4 aliphatic heterocycles. The van der Waals surface area contributed by atoms with Crippen molar-refractivity contribution in [2.24, 2.45) is 23.7 Å². The van der Waals surface area contributed by atoms with Crippen LogP contribution in [0.5, 0.6) is 0 Å². The van der Waals surface area contributed by atoms with Gasteiger partial charge in [0, 0.05) is 45.8 Å². The number of nitrogens with zero attached hydrogens (tertiary/aromatic N) is 4. The number of aliphatic hydroxyl groups excluding tert-OH is 1. The number of ether oxygens (including phenoxy) is 2. The fraction of sp³-hybridized carbons (Fsp3) is 0.788. The van der Waals surface area contributed by atoms with Gasteiger partial charge in [0.1, 0.15) is 11.6 Å². The maximum Gasteiger partial charge on any atom is 0.248 e. The van der Waals surface area contributed by atoms with E-state index in [-0.39, 0.29) is 36.2 Å². The molecule has 4 aliphatic rings. The highest BCUT2D eigenvalue weighted by atomic mass is 16.5. The third-order valence-corrected chi connectivity index (χ3v) is 10.7. The summed E-state index contributed by atoms with van der Waals surface area (Å²) in [5, 5.41) is 10.7. The average Bonchev–Trinajstić information content (AvgIpc) is 3.51. The third kappa shape index (κ3) is 5.80. The summed E-state index contributed by atoms with van der Waals surface area (Å²) in [7, 11) is 0. The van der Waals surface area contributed by atoms with Crippen LogP contribution in [0, 0.1) is 23.7 Å². The van der Waals surface area contributed by atoms with Gasteiger partial charge in [0.25, 0.3) is 0 Å². The molecule has 0 aromatic carbocycles. The minimum Gasteiger partial charge on any atom is -0.394 e. The fourth-order valence-electron chi connectivity index (χ4n) is 8.12. The number of fused-ring (bicyclic) bond motifs is 1. The summed E-state index contributed by atoms with van der Waals surface area (Å²) in [6, 6.07) is -1.51. The van der Waals surface area contributed by atoms with Gasteiger partial charge in [-0.1, -0.05) is 46.3 Å². The van der Waals surface area contributed by atoms with E-state index in [0.717, 1.165) is 25.9 Å². The first kappa shape index (κ1) is 33.6. The predicted octanol–water partition coefficient (Wildman–Crippen LogP) is 2.18. The van der Waals surface area contributed by atoms with Crippen LogP contribution in [0.15, 0.2) is 25.3 Å². The van der Waals surface area contributed by atoms with Crippen LogP contribution in [0.3, 0.4) is 0 Å². The summed E-state index contributed by atoms with van der Waals surface area (Å²) in [5.74, 6) is -2.22. The Morgan fingerprint density at radius 2 is 1.74 bits per heavy atom. The number of rotatable bonds is 15. The van der Waals surface area contributed by atoms with Crippen LogP contribution in [-0.2, 0) is 23.9 Å². The van der Waals surface area contributed by atoms with E-state index in [1.165, 1.54) is 0 Å². The number of likely N-dealkylation sites (tertiary alicyclic amines) is 1. The Balaban J connectivity index is 1.78. The molecule has 0 aromatic rings. The predicted molar refractivity (Wildman–Crippen MR) is 165 cm³/mol. The Bertz CT molecular complexity index is 1050. The normalized spacial score (nSPS) is 33.3. The first-order valence-electron chi connectivity index (χ1n) is 16.3. The van der Waals surface area contributed by atoms with Gasteiger partial charge in [-0.3, -0.25) is 19.3 Å². The standard InChI is InChI=1S/C33H54N4O6/c1-8-12-35(13-9-2)29(39)26-27-30(40)37(25(22-38)23(5)11-4)28(33(27)21-24(6)32(26,7)43-33)31(41)36(14-10-3)16-15-34-17-19-42-20-18-34/h8,10,23-28,38H,1,3,9,11-22H2,2,4-7H3/t23-,24?,25-,26+,27-,28?,32-,33?/m0/s1. The molecule has 8 atom stereocenters. The fourth-order valence-corrected chi connectivity index (χ4v) is 8.12. The van der Waals surface area contributed by atoms with Crippen molar-refractivity contribution < 1.29 is 29.0 Å². The van der Waals surface area contributed by atoms with E-state index in [1.54, 1.807) is 26.9 Å². The zero-order valence-electron chi connectivity index (χ0n) is 27.0. The van der Waals surface area contributed by atoms with Crippen LogP contribution in [0.25, 0.3) is 0 Å². The van der Waals surface area contributed by atoms with Crippen molar-refractivity contribution in [2.75, 3.05) is 65.6 Å². The van der Waals surface area contributed by atoms with Crippen LogP contribution in [-0.4, -0.2) is 131 Å². The summed E-state index contributed by atoms with van der Waals surface area (Å²) < 4.78 is 12.5. The lowest BCUT2D eigenvalue weighted by atomic mass is 9.62. The second kappa shape index (κ2) is 13.8. The molecule has 10 nitrogen and oxygen atoms in total. The van der Waals surface area contributed by atoms with Gasteiger partial charge < -0.3 is 29.3 Å². The zero-order valence-corrected chi connectivity index (χ0v) is 27.0. The number of hydrogen-bond donors (Lipinski definition) is 1. The zero-order chi connectivity index (χ0) is 31.5. The average molecular weight is 603 g/mol. The maximum atomic E-state index is 14.8. The first-order valence-corrected chi connectivity index (χ1v) is 16.3. The van der Waals surface area contributed by atoms with Gasteiger partial charge in [-0.05, 0) is 31.6 Å². The molecule has 2 bridgehead atoms. The highest BCUT2D eigenvalue weighted by Crippen LogP contribution is 2.66. The lowest BCUT2D eigenvalue weighted by Crippen LogP contribution is -2.60. The highest BCUT2D eigenvalue weighted by Gasteiger charge is 2.80. The molecule has 242 valence electrons. The van der Waals surface area contributed by atoms with Gasteiger partial charge in [0.05, 0.1) is 43.3 Å². The van der Waals surface area contributed by atoms with Crippen LogP contribution >= 0.6 is 0 Å². The second-order valence-corrected chi connectivity index (χ2v) is 13.2. The monoisotopic (exact) mass is 602 g/mol. The lowest BCUT2D eigenvalue weighted by molar-refractivity contribution is -0.159. The molecular weight excluding hydrogens is 548 g/mol. The first-order chi connectivity index (χ1) is 20.6. The minimum absolute atomic E-state index is 0.0506. The van der Waals surface area contributed by atoms with Gasteiger partial charge in [0.15, 0.2) is 0 Å². The van der Waals surface area contributed by atoms with E-state index in [1.807, 2.05) is 27.7 Å². The molecule has 0 aromatic heterocycles. The molecule has 4 saturated heterocycles. The SMILES string of the molecule is C=CCN(CCN1CCOCC1)C(=O)C1N([C@@H](CO)[C@@H](C)CC)C(=O)[C@@H]2[C@H](C(=O)N(CC=C)CCC)[C@@]3(C)OC12CC3C. The number of morpholine rings is 1. The number of amides is 3. The topological polar surface area (TPSA) is 103 Å². The number of carbonyl (C=O) groups is 3. The third-order valence-electron chi connectivity index (χ3n) is 10.7. The van der Waals surface area contributed by atoms with Crippen molar-refractivity contribution in [3.63, 3.8) is 0 Å². The quantitative estimate of drug-likeness (QED) is 0.287. The molecule has 10 heteroatoms. The largest absolute Gasteiger partial charge is 0.394 e. The van der Waals surface area contributed by atoms with Crippen LogP contribution in [0.4, 0.5) is 0 Å². The van der Waals surface area contributed by atoms with Crippen molar-refractivity contribution in [1.82, 2.24) is 19.6 Å². The van der Waals surface area contributed by atoms with Crippen molar-refractivity contribution in [2.45, 2.75) is 77.2 Å². The summed E-state index contributed by atoms with van der Waals surface area (Å²) in [6.45, 7) is 22.9. The van der Waals surface area contributed by atoms with E-state index in [9.17, 15) is 19.5 Å². The Morgan fingerprint density at radius 1 is 1.12 bits per heavy atom. The van der Waals surface area contributed by atoms with Gasteiger partial charge >= 0.3 is 0 Å². The smallest absolute Gasteiger partial charge is 0.248 e. The van der Waals surface area contributed by atoms with Crippen LogP contribution in [0.1, 0.15) is 53.9 Å². The lowest BCUT2D eigenvalue weighted by Gasteiger charge is -2.41. The van der Waals surface area contributed by atoms with Crippen molar-refractivity contribution in [3.8, 4) is 0 Å². The number of aliphatic hydroxyl groups is 1. The highest BCUT2D eigenvalue weighted by molar-refractivity contribution is 5.99. The second-order valence-electron chi connectivity index (χ2n) is 13.2. The summed E-state index contributed by atoms with van der Waals surface area (Å²) in [4.78, 5) is 51.3. The van der Waals surface area contributed by atoms with Gasteiger partial charge in [-0.15, -0.1) is 13.2 Å². The van der Waals surface area contributed by atoms with E-state index in [0.29, 0.717) is 52.4 Å². The summed E-state index contributed by atoms with van der Waals surface area (Å²) >= 11 is 0. The molecule has 4 rings (SSSR count). The van der Waals surface area contributed by atoms with Crippen molar-refractivity contribution in [3.05, 3.63) is 25.3 Å². The molecular formula is C33H54N4O6. The molecule has 4 fully saturated rings. The molecule has 3 unspecified atom stereocenters. The molecule has 1 N–H and O–H groups in total. The molecule has 3 amide bonds. The van der Waals surface area contributed by atoms with Crippen molar-refractivity contribution in [1.29, 1.82) is 0 Å². The Labute approximate surface area is 258 Å². The van der Waals surface area contributed by atoms with E-state index >= 15 is 0 Å². The summed E-state index contributed by atoms with van der Waals surface area (Å²) in [5.41, 5.74) is -2.05. The van der Waals surface area contributed by atoms with E-state index in [4.69, 9.17) is 9.47 Å². The van der Waals surface area contributed by atoms with Crippen LogP contribution < -0.4 is 0 Å². The summed E-state index contributed by atoms with van der Waals surface area (Å²) in [6.07, 6.45) is 5.42. The molecule has 0 aliphatic carbocycles. The maximum absolute atomic E-state index is 14.8. The van der Waals surface area contributed by atoms with E-state index in [2.05, 4.69) is 25.0 Å². The molecule has 4 heterocycles. The Hall–Kier alpha value is -2.27. The van der Waals surface area contributed by atoms with E-state index < -0.39 is 35.1 Å². The molecule has 0 saturated carbocycles. The van der Waals surface area contributed by atoms with Gasteiger partial charge in [-0.25, -0.2) is 0 Å². The van der Waals surface area contributed by atoms with Gasteiger partial charge in [-0.2, -0.15) is 0 Å².